The van der Waals surface area contributed by atoms with Gasteiger partial charge in [0.1, 0.15) is 0 Å². The number of fused-ring (bicyclic) bond motifs is 1. The first-order valence-corrected chi connectivity index (χ1v) is 5.14. The average molecular weight is 190 g/mol. The summed E-state index contributed by atoms with van der Waals surface area (Å²) in [5.41, 5.74) is 2.79. The van der Waals surface area contributed by atoms with E-state index in [4.69, 9.17) is 4.74 Å². The lowest BCUT2D eigenvalue weighted by Gasteiger charge is -2.30. The maximum Gasteiger partial charge on any atom is 0.0637 e. The molecule has 0 unspecified atom stereocenters. The van der Waals surface area contributed by atoms with Crippen LogP contribution in [0.2, 0.25) is 0 Å². The zero-order valence-corrected chi connectivity index (χ0v) is 8.62. The first-order valence-electron chi connectivity index (χ1n) is 5.14. The largest absolute Gasteiger partial charge is 0.383 e. The van der Waals surface area contributed by atoms with Crippen LogP contribution in [0, 0.1) is 6.07 Å². The first-order chi connectivity index (χ1) is 6.92. The number of aryl methyl sites for hydroxylation is 1. The number of nitrogens with zero attached hydrogens (tertiary/aromatic N) is 1. The van der Waals surface area contributed by atoms with Gasteiger partial charge in [0.15, 0.2) is 0 Å². The minimum Gasteiger partial charge on any atom is -0.383 e. The standard InChI is InChI=1S/C12H16NO/c1-14-10-9-13-8-4-6-11-5-2-3-7-12(11)13/h3,5,7H,4,6,8-10H2,1H3. The van der Waals surface area contributed by atoms with Gasteiger partial charge in [-0.3, -0.25) is 0 Å². The predicted molar refractivity (Wildman–Crippen MR) is 57.7 cm³/mol. The Hall–Kier alpha value is -1.02. The Morgan fingerprint density at radius 2 is 2.50 bits per heavy atom. The van der Waals surface area contributed by atoms with Crippen LogP contribution in [0.5, 0.6) is 0 Å². The highest BCUT2D eigenvalue weighted by Gasteiger charge is 2.14. The van der Waals surface area contributed by atoms with Gasteiger partial charge in [-0.25, -0.2) is 0 Å². The van der Waals surface area contributed by atoms with Crippen molar-refractivity contribution in [2.24, 2.45) is 0 Å². The minimum absolute atomic E-state index is 0.804. The van der Waals surface area contributed by atoms with Gasteiger partial charge in [-0.1, -0.05) is 6.07 Å². The van der Waals surface area contributed by atoms with Crippen molar-refractivity contribution in [2.75, 3.05) is 31.7 Å². The number of methoxy groups -OCH3 is 1. The summed E-state index contributed by atoms with van der Waals surface area (Å²) < 4.78 is 5.11. The van der Waals surface area contributed by atoms with Crippen LogP contribution in [0.25, 0.3) is 0 Å². The van der Waals surface area contributed by atoms with Crippen LogP contribution in [0.3, 0.4) is 0 Å². The second-order valence-electron chi connectivity index (χ2n) is 3.64. The predicted octanol–water partition coefficient (Wildman–Crippen LogP) is 1.89. The molecule has 0 fully saturated rings. The van der Waals surface area contributed by atoms with Crippen molar-refractivity contribution in [2.45, 2.75) is 12.8 Å². The van der Waals surface area contributed by atoms with E-state index in [0.717, 1.165) is 19.7 Å². The van der Waals surface area contributed by atoms with E-state index in [1.807, 2.05) is 6.07 Å². The van der Waals surface area contributed by atoms with Crippen molar-refractivity contribution < 1.29 is 4.74 Å². The van der Waals surface area contributed by atoms with Crippen molar-refractivity contribution in [1.29, 1.82) is 0 Å². The molecule has 0 bridgehead atoms. The molecule has 1 aliphatic heterocycles. The highest BCUT2D eigenvalue weighted by atomic mass is 16.5. The summed E-state index contributed by atoms with van der Waals surface area (Å²) >= 11 is 0. The lowest BCUT2D eigenvalue weighted by Crippen LogP contribution is -2.32. The number of rotatable bonds is 3. The molecule has 1 aromatic rings. The van der Waals surface area contributed by atoms with Crippen molar-refractivity contribution in [3.63, 3.8) is 0 Å². The highest BCUT2D eigenvalue weighted by molar-refractivity contribution is 5.55. The van der Waals surface area contributed by atoms with E-state index in [-0.39, 0.29) is 0 Å². The smallest absolute Gasteiger partial charge is 0.0637 e. The lowest BCUT2D eigenvalue weighted by atomic mass is 10.0. The van der Waals surface area contributed by atoms with E-state index >= 15 is 0 Å². The molecule has 0 spiro atoms. The zero-order chi connectivity index (χ0) is 9.80. The zero-order valence-electron chi connectivity index (χ0n) is 8.62. The van der Waals surface area contributed by atoms with Crippen molar-refractivity contribution in [3.05, 3.63) is 29.8 Å². The molecule has 0 N–H and O–H groups in total. The molecule has 75 valence electrons. The van der Waals surface area contributed by atoms with Gasteiger partial charge in [0.25, 0.3) is 0 Å². The molecule has 2 rings (SSSR count). The Morgan fingerprint density at radius 3 is 3.36 bits per heavy atom. The molecule has 1 radical (unpaired) electrons. The van der Waals surface area contributed by atoms with Crippen molar-refractivity contribution >= 4 is 5.69 Å². The van der Waals surface area contributed by atoms with Crippen LogP contribution in [0.4, 0.5) is 5.69 Å². The van der Waals surface area contributed by atoms with Gasteiger partial charge in [-0.05, 0) is 36.6 Å². The van der Waals surface area contributed by atoms with Crippen molar-refractivity contribution in [1.82, 2.24) is 0 Å². The number of hydrogen-bond acceptors (Lipinski definition) is 2. The fourth-order valence-corrected chi connectivity index (χ4v) is 1.98. The molecule has 14 heavy (non-hydrogen) atoms. The molecule has 0 amide bonds. The summed E-state index contributed by atoms with van der Waals surface area (Å²) in [4.78, 5) is 2.40. The third-order valence-electron chi connectivity index (χ3n) is 2.70. The molecule has 1 aliphatic rings. The van der Waals surface area contributed by atoms with Gasteiger partial charge in [-0.2, -0.15) is 0 Å². The quantitative estimate of drug-likeness (QED) is 0.721. The highest BCUT2D eigenvalue weighted by Crippen LogP contribution is 2.25. The third-order valence-corrected chi connectivity index (χ3v) is 2.70. The summed E-state index contributed by atoms with van der Waals surface area (Å²) in [5, 5.41) is 0. The van der Waals surface area contributed by atoms with Gasteiger partial charge in [0.2, 0.25) is 0 Å². The molecule has 1 heterocycles. The SMILES string of the molecule is COCCN1CCCc2c[c]ccc21. The maximum absolute atomic E-state index is 5.11. The Kier molecular flexibility index (Phi) is 3.04. The molecule has 0 saturated carbocycles. The van der Waals surface area contributed by atoms with E-state index in [2.05, 4.69) is 23.1 Å². The molecule has 1 aromatic carbocycles. The second kappa shape index (κ2) is 4.47. The normalized spacial score (nSPS) is 15.4. The monoisotopic (exact) mass is 190 g/mol. The molecule has 0 aliphatic carbocycles. The van der Waals surface area contributed by atoms with E-state index in [0.29, 0.717) is 0 Å². The van der Waals surface area contributed by atoms with Gasteiger partial charge < -0.3 is 9.64 Å². The molecule has 2 heteroatoms. The summed E-state index contributed by atoms with van der Waals surface area (Å²) in [6.07, 6.45) is 2.44. The van der Waals surface area contributed by atoms with Crippen LogP contribution < -0.4 is 4.90 Å². The fraction of sp³-hybridized carbons (Fsp3) is 0.500. The topological polar surface area (TPSA) is 12.5 Å². The second-order valence-corrected chi connectivity index (χ2v) is 3.64. The van der Waals surface area contributed by atoms with E-state index in [1.165, 1.54) is 24.1 Å². The molecule has 0 saturated heterocycles. The van der Waals surface area contributed by atoms with Crippen LogP contribution in [0.1, 0.15) is 12.0 Å². The van der Waals surface area contributed by atoms with E-state index in [9.17, 15) is 0 Å². The molecular formula is C12H16NO. The van der Waals surface area contributed by atoms with Gasteiger partial charge >= 0.3 is 0 Å². The minimum atomic E-state index is 0.804. The van der Waals surface area contributed by atoms with E-state index < -0.39 is 0 Å². The number of benzene rings is 1. The number of anilines is 1. The van der Waals surface area contributed by atoms with Crippen molar-refractivity contribution in [3.8, 4) is 0 Å². The number of ether oxygens (including phenoxy) is 1. The van der Waals surface area contributed by atoms with Crippen LogP contribution >= 0.6 is 0 Å². The fourth-order valence-electron chi connectivity index (χ4n) is 1.98. The summed E-state index contributed by atoms with van der Waals surface area (Å²) in [7, 11) is 1.75. The Balaban J connectivity index is 2.14. The Bertz CT molecular complexity index is 298. The molecular weight excluding hydrogens is 174 g/mol. The summed E-state index contributed by atoms with van der Waals surface area (Å²) in [6, 6.07) is 9.39. The third kappa shape index (κ3) is 1.90. The summed E-state index contributed by atoms with van der Waals surface area (Å²) in [5.74, 6) is 0. The average Bonchev–Trinajstić information content (AvgIpc) is 2.26. The van der Waals surface area contributed by atoms with Crippen LogP contribution in [0.15, 0.2) is 18.2 Å². The van der Waals surface area contributed by atoms with E-state index in [1.54, 1.807) is 7.11 Å². The molecule has 2 nitrogen and oxygen atoms in total. The van der Waals surface area contributed by atoms with Gasteiger partial charge in [-0.15, -0.1) is 0 Å². The Labute approximate surface area is 85.5 Å². The molecule has 0 atom stereocenters. The first kappa shape index (κ1) is 9.53. The summed E-state index contributed by atoms with van der Waals surface area (Å²) in [6.45, 7) is 2.95. The van der Waals surface area contributed by atoms with Gasteiger partial charge in [0.05, 0.1) is 6.61 Å². The van der Waals surface area contributed by atoms with Crippen LogP contribution in [-0.2, 0) is 11.2 Å². The maximum atomic E-state index is 5.11. The van der Waals surface area contributed by atoms with Gasteiger partial charge in [0, 0.05) is 25.9 Å². The Morgan fingerprint density at radius 1 is 1.57 bits per heavy atom. The molecule has 0 aromatic heterocycles. The number of hydrogen-bond donors (Lipinski definition) is 0. The van der Waals surface area contributed by atoms with Crippen LogP contribution in [-0.4, -0.2) is 26.8 Å². The lowest BCUT2D eigenvalue weighted by molar-refractivity contribution is 0.205.